The molecule has 2 aromatic rings. The van der Waals surface area contributed by atoms with Crippen molar-refractivity contribution in [3.05, 3.63) is 34.5 Å². The Balaban J connectivity index is 2.82. The van der Waals surface area contributed by atoms with Crippen LogP contribution in [0.1, 0.15) is 28.4 Å². The van der Waals surface area contributed by atoms with Crippen molar-refractivity contribution in [1.29, 1.82) is 0 Å². The molecule has 2 N–H and O–H groups in total. The van der Waals surface area contributed by atoms with Gasteiger partial charge in [0, 0.05) is 30.7 Å². The zero-order valence-corrected chi connectivity index (χ0v) is 12.9. The van der Waals surface area contributed by atoms with Gasteiger partial charge < -0.3 is 15.2 Å². The van der Waals surface area contributed by atoms with Crippen molar-refractivity contribution in [2.24, 2.45) is 12.8 Å². The van der Waals surface area contributed by atoms with Crippen LogP contribution in [0.15, 0.2) is 12.1 Å². The molecule has 1 unspecified atom stereocenters. The van der Waals surface area contributed by atoms with Gasteiger partial charge in [0.05, 0.1) is 5.52 Å². The zero-order chi connectivity index (χ0) is 14.3. The van der Waals surface area contributed by atoms with Gasteiger partial charge in [-0.3, -0.25) is 0 Å². The molecule has 19 heavy (non-hydrogen) atoms. The van der Waals surface area contributed by atoms with Crippen LogP contribution in [0.4, 0.5) is 0 Å². The Labute approximate surface area is 116 Å². The first-order valence-electron chi connectivity index (χ1n) is 6.81. The van der Waals surface area contributed by atoms with Crippen LogP contribution >= 0.6 is 0 Å². The maximum Gasteiger partial charge on any atom is 0.0515 e. The third kappa shape index (κ3) is 2.07. The second-order valence-corrected chi connectivity index (χ2v) is 5.68. The molecule has 2 rings (SSSR count). The lowest BCUT2D eigenvalue weighted by Crippen LogP contribution is -2.27. The highest BCUT2D eigenvalue weighted by Gasteiger charge is 2.22. The topological polar surface area (TPSA) is 34.2 Å². The lowest BCUT2D eigenvalue weighted by Gasteiger charge is -2.23. The highest BCUT2D eigenvalue weighted by atomic mass is 15.1. The second-order valence-electron chi connectivity index (χ2n) is 5.68. The molecule has 0 aliphatic carbocycles. The molecule has 3 heteroatoms. The predicted molar refractivity (Wildman–Crippen MR) is 82.6 cm³/mol. The van der Waals surface area contributed by atoms with Gasteiger partial charge in [-0.2, -0.15) is 0 Å². The van der Waals surface area contributed by atoms with Gasteiger partial charge in [0.25, 0.3) is 0 Å². The van der Waals surface area contributed by atoms with Crippen LogP contribution in [0.5, 0.6) is 0 Å². The van der Waals surface area contributed by atoms with Gasteiger partial charge in [-0.25, -0.2) is 0 Å². The second kappa shape index (κ2) is 4.99. The van der Waals surface area contributed by atoms with E-state index in [-0.39, 0.29) is 6.04 Å². The van der Waals surface area contributed by atoms with Crippen LogP contribution in [0.3, 0.4) is 0 Å². The Hall–Kier alpha value is -1.32. The maximum absolute atomic E-state index is 5.99. The summed E-state index contributed by atoms with van der Waals surface area (Å²) in [6, 6.07) is 4.72. The minimum absolute atomic E-state index is 0.269. The number of fused-ring (bicyclic) bond motifs is 1. The van der Waals surface area contributed by atoms with Crippen molar-refractivity contribution in [3.63, 3.8) is 0 Å². The van der Waals surface area contributed by atoms with E-state index in [0.717, 1.165) is 0 Å². The standard InChI is InChI=1S/C16H25N3/c1-10-7-8-13-15(14(9-17)18(4)5)12(3)19(6)16(13)11(10)2/h7-8,14H,9,17H2,1-6H3. The Morgan fingerprint density at radius 1 is 1.21 bits per heavy atom. The molecule has 0 aliphatic heterocycles. The van der Waals surface area contributed by atoms with E-state index in [1.807, 2.05) is 0 Å². The van der Waals surface area contributed by atoms with Gasteiger partial charge in [-0.05, 0) is 51.6 Å². The van der Waals surface area contributed by atoms with Crippen molar-refractivity contribution < 1.29 is 0 Å². The van der Waals surface area contributed by atoms with Crippen LogP contribution in [0.2, 0.25) is 0 Å². The monoisotopic (exact) mass is 259 g/mol. The summed E-state index contributed by atoms with van der Waals surface area (Å²) >= 11 is 0. The van der Waals surface area contributed by atoms with Crippen LogP contribution in [-0.4, -0.2) is 30.1 Å². The third-order valence-electron chi connectivity index (χ3n) is 4.40. The van der Waals surface area contributed by atoms with Crippen molar-refractivity contribution in [2.45, 2.75) is 26.8 Å². The number of hydrogen-bond acceptors (Lipinski definition) is 2. The highest BCUT2D eigenvalue weighted by Crippen LogP contribution is 2.34. The number of nitrogens with zero attached hydrogens (tertiary/aromatic N) is 2. The average Bonchev–Trinajstić information content (AvgIpc) is 2.60. The summed E-state index contributed by atoms with van der Waals surface area (Å²) in [6.07, 6.45) is 0. The molecule has 0 fully saturated rings. The summed E-state index contributed by atoms with van der Waals surface area (Å²) in [7, 11) is 6.34. The summed E-state index contributed by atoms with van der Waals surface area (Å²) < 4.78 is 2.30. The summed E-state index contributed by atoms with van der Waals surface area (Å²) in [6.45, 7) is 7.20. The fourth-order valence-corrected chi connectivity index (χ4v) is 3.00. The molecular formula is C16H25N3. The number of nitrogens with two attached hydrogens (primary N) is 1. The minimum Gasteiger partial charge on any atom is -0.347 e. The average molecular weight is 259 g/mol. The number of hydrogen-bond donors (Lipinski definition) is 1. The molecule has 104 valence electrons. The molecule has 0 spiro atoms. The molecule has 0 radical (unpaired) electrons. The number of benzene rings is 1. The SMILES string of the molecule is Cc1ccc2c(C(CN)N(C)C)c(C)n(C)c2c1C. The van der Waals surface area contributed by atoms with Crippen LogP contribution in [0, 0.1) is 20.8 Å². The fourth-order valence-electron chi connectivity index (χ4n) is 3.00. The first-order valence-corrected chi connectivity index (χ1v) is 6.81. The normalized spacial score (nSPS) is 13.5. The first-order chi connectivity index (χ1) is 8.90. The van der Waals surface area contributed by atoms with Crippen molar-refractivity contribution in [3.8, 4) is 0 Å². The lowest BCUT2D eigenvalue weighted by atomic mass is 9.99. The number of rotatable bonds is 3. The van der Waals surface area contributed by atoms with Crippen LogP contribution in [-0.2, 0) is 7.05 Å². The molecule has 0 saturated carbocycles. The van der Waals surface area contributed by atoms with E-state index in [9.17, 15) is 0 Å². The highest BCUT2D eigenvalue weighted by molar-refractivity contribution is 5.89. The summed E-state index contributed by atoms with van der Waals surface area (Å²) in [5.74, 6) is 0. The van der Waals surface area contributed by atoms with E-state index in [1.54, 1.807) is 0 Å². The Morgan fingerprint density at radius 2 is 1.84 bits per heavy atom. The van der Waals surface area contributed by atoms with Crippen molar-refractivity contribution in [1.82, 2.24) is 9.47 Å². The summed E-state index contributed by atoms with van der Waals surface area (Å²) in [4.78, 5) is 2.21. The quantitative estimate of drug-likeness (QED) is 0.919. The van der Waals surface area contributed by atoms with Gasteiger partial charge in [0.15, 0.2) is 0 Å². The smallest absolute Gasteiger partial charge is 0.0515 e. The Morgan fingerprint density at radius 3 is 2.37 bits per heavy atom. The van der Waals surface area contributed by atoms with Crippen LogP contribution in [0.25, 0.3) is 10.9 Å². The molecule has 1 aromatic heterocycles. The molecule has 0 bridgehead atoms. The first kappa shape index (κ1) is 14.1. The molecule has 3 nitrogen and oxygen atoms in total. The molecule has 0 saturated heterocycles. The van der Waals surface area contributed by atoms with Crippen LogP contribution < -0.4 is 5.73 Å². The third-order valence-corrected chi connectivity index (χ3v) is 4.40. The van der Waals surface area contributed by atoms with E-state index >= 15 is 0 Å². The molecule has 1 atom stereocenters. The minimum atomic E-state index is 0.269. The maximum atomic E-state index is 5.99. The largest absolute Gasteiger partial charge is 0.347 e. The number of aryl methyl sites for hydroxylation is 3. The fraction of sp³-hybridized carbons (Fsp3) is 0.500. The van der Waals surface area contributed by atoms with Gasteiger partial charge in [0.2, 0.25) is 0 Å². The summed E-state index contributed by atoms with van der Waals surface area (Å²) in [5, 5.41) is 1.34. The van der Waals surface area contributed by atoms with Gasteiger partial charge in [-0.15, -0.1) is 0 Å². The molecule has 0 aliphatic rings. The van der Waals surface area contributed by atoms with E-state index in [0.29, 0.717) is 6.54 Å². The zero-order valence-electron chi connectivity index (χ0n) is 12.9. The Bertz CT molecular complexity index is 608. The molecule has 1 aromatic carbocycles. The number of aromatic nitrogens is 1. The molecular weight excluding hydrogens is 234 g/mol. The predicted octanol–water partition coefficient (Wildman–Crippen LogP) is 2.66. The van der Waals surface area contributed by atoms with Crippen molar-refractivity contribution >= 4 is 10.9 Å². The lowest BCUT2D eigenvalue weighted by molar-refractivity contribution is 0.306. The van der Waals surface area contributed by atoms with E-state index in [2.05, 4.69) is 63.5 Å². The summed E-state index contributed by atoms with van der Waals surface area (Å²) in [5.41, 5.74) is 12.7. The van der Waals surface area contributed by atoms with Crippen molar-refractivity contribution in [2.75, 3.05) is 20.6 Å². The van der Waals surface area contributed by atoms with E-state index in [4.69, 9.17) is 5.73 Å². The molecule has 0 amide bonds. The van der Waals surface area contributed by atoms with Gasteiger partial charge in [0.1, 0.15) is 0 Å². The van der Waals surface area contributed by atoms with E-state index < -0.39 is 0 Å². The van der Waals surface area contributed by atoms with Gasteiger partial charge in [-0.1, -0.05) is 12.1 Å². The van der Waals surface area contributed by atoms with Gasteiger partial charge >= 0.3 is 0 Å². The number of likely N-dealkylation sites (N-methyl/N-ethyl adjacent to an activating group) is 1. The Kier molecular flexibility index (Phi) is 3.70. The molecule has 1 heterocycles. The van der Waals surface area contributed by atoms with E-state index in [1.165, 1.54) is 33.3 Å².